The molecule has 0 unspecified atom stereocenters. The number of pyridine rings is 1. The van der Waals surface area contributed by atoms with E-state index in [9.17, 15) is 5.11 Å². The van der Waals surface area contributed by atoms with Crippen molar-refractivity contribution in [2.75, 3.05) is 30.3 Å². The maximum atomic E-state index is 9.59. The first-order valence-corrected chi connectivity index (χ1v) is 12.6. The fourth-order valence-corrected chi connectivity index (χ4v) is 4.67. The Bertz CT molecular complexity index is 1300. The normalized spacial score (nSPS) is 14.0. The largest absolute Gasteiger partial charge is 0.395 e. The number of rotatable bonds is 11. The highest BCUT2D eigenvalue weighted by atomic mass is 16.3. The Kier molecular flexibility index (Phi) is 7.06. The predicted molar refractivity (Wildman–Crippen MR) is 139 cm³/mol. The molecule has 3 aromatic heterocycles. The lowest BCUT2D eigenvalue weighted by Crippen LogP contribution is -2.34. The van der Waals surface area contributed by atoms with Crippen molar-refractivity contribution in [1.29, 1.82) is 0 Å². The topological polar surface area (TPSA) is 118 Å². The van der Waals surface area contributed by atoms with Gasteiger partial charge in [0.15, 0.2) is 11.3 Å². The van der Waals surface area contributed by atoms with E-state index in [1.807, 2.05) is 28.0 Å². The van der Waals surface area contributed by atoms with Crippen LogP contribution in [0.3, 0.4) is 0 Å². The second-order valence-corrected chi connectivity index (χ2v) is 9.32. The molecule has 3 heterocycles. The number of unbranched alkanes of at least 4 members (excludes halogenated alkanes) is 1. The number of aliphatic hydroxyl groups is 1. The Morgan fingerprint density at radius 1 is 1.14 bits per heavy atom. The number of nitrogens with two attached hydrogens (primary N) is 1. The summed E-state index contributed by atoms with van der Waals surface area (Å²) in [7, 11) is 0. The first-order chi connectivity index (χ1) is 17.2. The predicted octanol–water partition coefficient (Wildman–Crippen LogP) is 3.25. The third-order valence-corrected chi connectivity index (χ3v) is 6.82. The van der Waals surface area contributed by atoms with Crippen LogP contribution in [0.15, 0.2) is 36.7 Å². The maximum absolute atomic E-state index is 9.59. The Labute approximate surface area is 205 Å². The lowest BCUT2D eigenvalue weighted by Gasteiger charge is -2.26. The van der Waals surface area contributed by atoms with E-state index in [4.69, 9.17) is 15.8 Å². The van der Waals surface area contributed by atoms with Crippen molar-refractivity contribution < 1.29 is 5.11 Å². The van der Waals surface area contributed by atoms with Crippen molar-refractivity contribution in [3.05, 3.63) is 47.8 Å². The summed E-state index contributed by atoms with van der Waals surface area (Å²) < 4.78 is 1.88. The number of aliphatic hydroxyl groups excluding tert-OH is 1. The molecule has 0 aliphatic heterocycles. The van der Waals surface area contributed by atoms with Crippen LogP contribution in [-0.4, -0.2) is 55.6 Å². The molecule has 1 fully saturated rings. The smallest absolute Gasteiger partial charge is 0.222 e. The van der Waals surface area contributed by atoms with Gasteiger partial charge in [-0.1, -0.05) is 38.0 Å². The Hall–Kier alpha value is -3.30. The number of nitrogen functional groups attached to an aromatic ring is 1. The molecule has 9 nitrogen and oxygen atoms in total. The van der Waals surface area contributed by atoms with Crippen LogP contribution in [0.5, 0.6) is 0 Å². The molecule has 5 rings (SSSR count). The number of nitrogens with one attached hydrogen (secondary N) is 1. The zero-order valence-corrected chi connectivity index (χ0v) is 20.3. The van der Waals surface area contributed by atoms with Crippen LogP contribution in [0.1, 0.15) is 50.2 Å². The molecular weight excluding hydrogens is 440 g/mol. The highest BCUT2D eigenvalue weighted by molar-refractivity contribution is 5.87. The zero-order valence-electron chi connectivity index (χ0n) is 20.3. The number of hydrogen-bond donors (Lipinski definition) is 3. The molecule has 0 bridgehead atoms. The molecule has 0 radical (unpaired) electrons. The van der Waals surface area contributed by atoms with E-state index in [2.05, 4.69) is 40.4 Å². The van der Waals surface area contributed by atoms with E-state index in [0.717, 1.165) is 37.0 Å². The van der Waals surface area contributed by atoms with Gasteiger partial charge in [0, 0.05) is 37.3 Å². The average Bonchev–Trinajstić information content (AvgIpc) is 3.23. The van der Waals surface area contributed by atoms with Gasteiger partial charge < -0.3 is 21.1 Å². The van der Waals surface area contributed by atoms with E-state index < -0.39 is 0 Å². The van der Waals surface area contributed by atoms with Gasteiger partial charge in [0.05, 0.1) is 24.9 Å². The highest BCUT2D eigenvalue weighted by Crippen LogP contribution is 2.26. The third kappa shape index (κ3) is 5.06. The van der Waals surface area contributed by atoms with Gasteiger partial charge in [-0.15, -0.1) is 0 Å². The van der Waals surface area contributed by atoms with Crippen molar-refractivity contribution in [2.24, 2.45) is 0 Å². The summed E-state index contributed by atoms with van der Waals surface area (Å²) in [6, 6.07) is 9.14. The number of benzene rings is 1. The van der Waals surface area contributed by atoms with Gasteiger partial charge >= 0.3 is 0 Å². The van der Waals surface area contributed by atoms with Crippen molar-refractivity contribution in [3.8, 4) is 0 Å². The molecule has 1 aliphatic rings. The van der Waals surface area contributed by atoms with E-state index in [1.54, 1.807) is 0 Å². The van der Waals surface area contributed by atoms with Crippen LogP contribution in [0.2, 0.25) is 0 Å². The van der Waals surface area contributed by atoms with E-state index in [1.165, 1.54) is 30.2 Å². The summed E-state index contributed by atoms with van der Waals surface area (Å²) in [5.74, 6) is 0.885. The second kappa shape index (κ2) is 10.5. The molecule has 0 amide bonds. The standard InChI is InChI=1S/C26H34N8O/c1-2-3-12-33(13-14-35)25-24-22(30-26(27)31-25)17-34(32-24)16-19-10-9-18(15-29-20-6-4-7-20)21-8-5-11-28-23(19)21/h5,8-11,17,20,29,35H,2-4,6-7,12-16H2,1H3,(H2,27,30). The zero-order chi connectivity index (χ0) is 24.2. The van der Waals surface area contributed by atoms with E-state index >= 15 is 0 Å². The summed E-state index contributed by atoms with van der Waals surface area (Å²) >= 11 is 0. The second-order valence-electron chi connectivity index (χ2n) is 9.32. The van der Waals surface area contributed by atoms with E-state index in [-0.39, 0.29) is 12.6 Å². The van der Waals surface area contributed by atoms with Crippen molar-refractivity contribution in [1.82, 2.24) is 30.0 Å². The van der Waals surface area contributed by atoms with Crippen LogP contribution in [-0.2, 0) is 13.1 Å². The fourth-order valence-electron chi connectivity index (χ4n) is 4.67. The van der Waals surface area contributed by atoms with Crippen LogP contribution in [0, 0.1) is 0 Å². The number of nitrogens with zero attached hydrogens (tertiary/aromatic N) is 6. The molecule has 1 saturated carbocycles. The Balaban J connectivity index is 1.46. The van der Waals surface area contributed by atoms with Gasteiger partial charge in [-0.3, -0.25) is 9.67 Å². The minimum atomic E-state index is 0.0371. The summed E-state index contributed by atoms with van der Waals surface area (Å²) in [6.07, 6.45) is 9.66. The van der Waals surface area contributed by atoms with Gasteiger partial charge in [-0.05, 0) is 36.5 Å². The molecule has 0 atom stereocenters. The monoisotopic (exact) mass is 474 g/mol. The number of anilines is 2. The molecule has 35 heavy (non-hydrogen) atoms. The lowest BCUT2D eigenvalue weighted by atomic mass is 9.93. The minimum Gasteiger partial charge on any atom is -0.395 e. The summed E-state index contributed by atoms with van der Waals surface area (Å²) in [4.78, 5) is 15.7. The van der Waals surface area contributed by atoms with E-state index in [0.29, 0.717) is 36.0 Å². The summed E-state index contributed by atoms with van der Waals surface area (Å²) in [6.45, 7) is 4.85. The van der Waals surface area contributed by atoms with Crippen molar-refractivity contribution in [3.63, 3.8) is 0 Å². The van der Waals surface area contributed by atoms with Gasteiger partial charge in [0.2, 0.25) is 5.95 Å². The minimum absolute atomic E-state index is 0.0371. The molecule has 1 aliphatic carbocycles. The van der Waals surface area contributed by atoms with Crippen LogP contribution >= 0.6 is 0 Å². The maximum Gasteiger partial charge on any atom is 0.222 e. The SMILES string of the molecule is CCCCN(CCO)c1nc(N)nc2cn(Cc3ccc(CNC4CCC4)c4cccnc34)nc12. The quantitative estimate of drug-likeness (QED) is 0.303. The molecule has 4 N–H and O–H groups in total. The number of aromatic nitrogens is 5. The van der Waals surface area contributed by atoms with Gasteiger partial charge in [0.25, 0.3) is 0 Å². The number of fused-ring (bicyclic) bond motifs is 2. The lowest BCUT2D eigenvalue weighted by molar-refractivity contribution is 0.301. The highest BCUT2D eigenvalue weighted by Gasteiger charge is 2.19. The van der Waals surface area contributed by atoms with Crippen molar-refractivity contribution in [2.45, 2.75) is 58.2 Å². The first-order valence-electron chi connectivity index (χ1n) is 12.6. The van der Waals surface area contributed by atoms with Crippen LogP contribution in [0.25, 0.3) is 21.9 Å². The Morgan fingerprint density at radius 2 is 2.00 bits per heavy atom. The average molecular weight is 475 g/mol. The third-order valence-electron chi connectivity index (χ3n) is 6.82. The summed E-state index contributed by atoms with van der Waals surface area (Å²) in [5.41, 5.74) is 10.8. The molecule has 4 aromatic rings. The molecule has 1 aromatic carbocycles. The molecular formula is C26H34N8O. The van der Waals surface area contributed by atoms with Crippen molar-refractivity contribution >= 4 is 33.7 Å². The molecule has 9 heteroatoms. The van der Waals surface area contributed by atoms with Crippen LogP contribution < -0.4 is 16.0 Å². The molecule has 0 spiro atoms. The molecule has 184 valence electrons. The number of hydrogen-bond acceptors (Lipinski definition) is 8. The van der Waals surface area contributed by atoms with Gasteiger partial charge in [-0.2, -0.15) is 10.1 Å². The van der Waals surface area contributed by atoms with Crippen LogP contribution in [0.4, 0.5) is 11.8 Å². The summed E-state index contributed by atoms with van der Waals surface area (Å²) in [5, 5.41) is 19.3. The fraction of sp³-hybridized carbons (Fsp3) is 0.462. The van der Waals surface area contributed by atoms with Gasteiger partial charge in [-0.25, -0.2) is 4.98 Å². The molecule has 0 saturated heterocycles. The van der Waals surface area contributed by atoms with Gasteiger partial charge in [0.1, 0.15) is 5.52 Å². The first kappa shape index (κ1) is 23.4. The Morgan fingerprint density at radius 3 is 2.77 bits per heavy atom.